The van der Waals surface area contributed by atoms with Crippen molar-refractivity contribution in [2.45, 2.75) is 32.9 Å². The van der Waals surface area contributed by atoms with Crippen molar-refractivity contribution in [1.82, 2.24) is 14.5 Å². The summed E-state index contributed by atoms with van der Waals surface area (Å²) in [6.45, 7) is 4.87. The average molecular weight is 503 g/mol. The van der Waals surface area contributed by atoms with Crippen molar-refractivity contribution < 1.29 is 19.4 Å². The topological polar surface area (TPSA) is 115 Å². The van der Waals surface area contributed by atoms with E-state index < -0.39 is 23.6 Å². The molecule has 4 rings (SSSR count). The summed E-state index contributed by atoms with van der Waals surface area (Å²) < 4.78 is 8.53. The van der Waals surface area contributed by atoms with Gasteiger partial charge in [-0.05, 0) is 60.2 Å². The number of amides is 2. The molecular formula is C28H30N4O5. The summed E-state index contributed by atoms with van der Waals surface area (Å²) in [6.07, 6.45) is 3.34. The van der Waals surface area contributed by atoms with E-state index in [9.17, 15) is 19.5 Å². The maximum Gasteiger partial charge on any atom is 0.319 e. The van der Waals surface area contributed by atoms with Crippen LogP contribution < -0.4 is 16.2 Å². The molecular weight excluding hydrogens is 472 g/mol. The molecule has 0 saturated heterocycles. The molecule has 0 radical (unpaired) electrons. The van der Waals surface area contributed by atoms with Crippen molar-refractivity contribution in [3.8, 4) is 16.9 Å². The molecule has 2 amide bonds. The third-order valence-corrected chi connectivity index (χ3v) is 6.20. The van der Waals surface area contributed by atoms with Gasteiger partial charge in [0.15, 0.2) is 5.69 Å². The number of fused-ring (bicyclic) bond motifs is 1. The quantitative estimate of drug-likeness (QED) is 0.306. The molecule has 4 aromatic rings. The highest BCUT2D eigenvalue weighted by atomic mass is 16.5. The first-order valence-corrected chi connectivity index (χ1v) is 12.1. The molecule has 1 atom stereocenters. The monoisotopic (exact) mass is 502 g/mol. The van der Waals surface area contributed by atoms with E-state index in [4.69, 9.17) is 4.74 Å². The fraction of sp³-hybridized carbons (Fsp3) is 0.250. The number of rotatable bonds is 8. The standard InChI is InChI=1S/C28H30N4O5/c1-4-32-14-11-18-9-10-20(16-23(18)32)19-7-6-8-21(15-19)22(17-25(34)37-5-2)29-28(36)30-26-24(33)12-13-31(3)27(26)35/h6-16,22,33H,4-5,17H2,1-3H3,(H2,29,30,36)/t22-/m0/s1. The fourth-order valence-corrected chi connectivity index (χ4v) is 4.26. The molecule has 192 valence electrons. The zero-order valence-corrected chi connectivity index (χ0v) is 21.0. The van der Waals surface area contributed by atoms with Crippen molar-refractivity contribution in [3.05, 3.63) is 82.9 Å². The zero-order chi connectivity index (χ0) is 26.5. The van der Waals surface area contributed by atoms with E-state index in [1.165, 1.54) is 23.9 Å². The SMILES string of the molecule is CCOC(=O)C[C@H](NC(=O)Nc1c(O)ccn(C)c1=O)c1cccc(-c2ccc3ccn(CC)c3c2)c1. The Morgan fingerprint density at radius 1 is 1.03 bits per heavy atom. The highest BCUT2D eigenvalue weighted by Gasteiger charge is 2.21. The number of hydrogen-bond acceptors (Lipinski definition) is 5. The fourth-order valence-electron chi connectivity index (χ4n) is 4.26. The Labute approximate surface area is 214 Å². The number of nitrogens with one attached hydrogen (secondary N) is 2. The van der Waals surface area contributed by atoms with E-state index in [0.29, 0.717) is 5.56 Å². The summed E-state index contributed by atoms with van der Waals surface area (Å²) in [7, 11) is 1.51. The van der Waals surface area contributed by atoms with Gasteiger partial charge in [-0.3, -0.25) is 9.59 Å². The van der Waals surface area contributed by atoms with E-state index in [0.717, 1.165) is 28.6 Å². The summed E-state index contributed by atoms with van der Waals surface area (Å²) in [5.41, 5.74) is 2.92. The molecule has 0 aliphatic carbocycles. The molecule has 0 bridgehead atoms. The Kier molecular flexibility index (Phi) is 7.62. The number of carbonyl (C=O) groups is 2. The second-order valence-electron chi connectivity index (χ2n) is 8.65. The van der Waals surface area contributed by atoms with E-state index in [2.05, 4.69) is 46.5 Å². The first kappa shape index (κ1) is 25.6. The van der Waals surface area contributed by atoms with Crippen LogP contribution in [0.25, 0.3) is 22.0 Å². The Bertz CT molecular complexity index is 1500. The normalized spacial score (nSPS) is 11.8. The van der Waals surface area contributed by atoms with Crippen LogP contribution in [0, 0.1) is 0 Å². The van der Waals surface area contributed by atoms with Gasteiger partial charge in [-0.2, -0.15) is 0 Å². The van der Waals surface area contributed by atoms with E-state index in [1.807, 2.05) is 30.3 Å². The van der Waals surface area contributed by atoms with Crippen LogP contribution in [0.3, 0.4) is 0 Å². The molecule has 2 aromatic heterocycles. The second kappa shape index (κ2) is 11.0. The smallest absolute Gasteiger partial charge is 0.319 e. The van der Waals surface area contributed by atoms with Crippen molar-refractivity contribution in [2.75, 3.05) is 11.9 Å². The third kappa shape index (κ3) is 5.66. The van der Waals surface area contributed by atoms with Crippen molar-refractivity contribution in [1.29, 1.82) is 0 Å². The number of urea groups is 1. The van der Waals surface area contributed by atoms with Crippen LogP contribution in [0.4, 0.5) is 10.5 Å². The Morgan fingerprint density at radius 2 is 1.81 bits per heavy atom. The van der Waals surface area contributed by atoms with Gasteiger partial charge < -0.3 is 29.6 Å². The van der Waals surface area contributed by atoms with Gasteiger partial charge in [0.25, 0.3) is 5.56 Å². The maximum atomic E-state index is 12.9. The van der Waals surface area contributed by atoms with Crippen LogP contribution in [0.1, 0.15) is 31.9 Å². The Morgan fingerprint density at radius 3 is 2.57 bits per heavy atom. The van der Waals surface area contributed by atoms with E-state index in [-0.39, 0.29) is 24.5 Å². The molecule has 0 aliphatic rings. The number of hydrogen-bond donors (Lipinski definition) is 3. The van der Waals surface area contributed by atoms with Crippen LogP contribution in [0.5, 0.6) is 5.75 Å². The lowest BCUT2D eigenvalue weighted by atomic mass is 9.97. The van der Waals surface area contributed by atoms with Gasteiger partial charge in [-0.25, -0.2) is 4.79 Å². The number of esters is 1. The van der Waals surface area contributed by atoms with Crippen LogP contribution in [-0.4, -0.2) is 32.8 Å². The van der Waals surface area contributed by atoms with Gasteiger partial charge in [0, 0.05) is 31.5 Å². The minimum absolute atomic E-state index is 0.110. The van der Waals surface area contributed by atoms with Gasteiger partial charge >= 0.3 is 12.0 Å². The highest BCUT2D eigenvalue weighted by Crippen LogP contribution is 2.29. The van der Waals surface area contributed by atoms with Gasteiger partial charge in [0.1, 0.15) is 5.75 Å². The lowest BCUT2D eigenvalue weighted by Crippen LogP contribution is -2.36. The van der Waals surface area contributed by atoms with Crippen molar-refractivity contribution in [2.24, 2.45) is 7.05 Å². The third-order valence-electron chi connectivity index (χ3n) is 6.20. The predicted octanol–water partition coefficient (Wildman–Crippen LogP) is 4.55. The molecule has 0 spiro atoms. The second-order valence-corrected chi connectivity index (χ2v) is 8.65. The molecule has 0 saturated carbocycles. The number of ether oxygens (including phenoxy) is 1. The summed E-state index contributed by atoms with van der Waals surface area (Å²) in [6, 6.07) is 15.7. The number of nitrogens with zero attached hydrogens (tertiary/aromatic N) is 2. The number of benzene rings is 2. The maximum absolute atomic E-state index is 12.9. The van der Waals surface area contributed by atoms with Gasteiger partial charge in [-0.1, -0.05) is 30.3 Å². The van der Waals surface area contributed by atoms with Crippen molar-refractivity contribution in [3.63, 3.8) is 0 Å². The summed E-state index contributed by atoms with van der Waals surface area (Å²) in [4.78, 5) is 37.6. The first-order chi connectivity index (χ1) is 17.8. The number of aryl methyl sites for hydroxylation is 2. The van der Waals surface area contributed by atoms with Gasteiger partial charge in [0.05, 0.1) is 19.1 Å². The number of carbonyl (C=O) groups excluding carboxylic acids is 2. The Balaban J connectivity index is 1.64. The molecule has 2 heterocycles. The largest absolute Gasteiger partial charge is 0.505 e. The molecule has 3 N–H and O–H groups in total. The minimum Gasteiger partial charge on any atom is -0.505 e. The van der Waals surface area contributed by atoms with Crippen LogP contribution in [0.2, 0.25) is 0 Å². The summed E-state index contributed by atoms with van der Waals surface area (Å²) in [5.74, 6) is -0.826. The molecule has 2 aromatic carbocycles. The molecule has 0 unspecified atom stereocenters. The van der Waals surface area contributed by atoms with E-state index >= 15 is 0 Å². The highest BCUT2D eigenvalue weighted by molar-refractivity contribution is 5.91. The molecule has 9 heteroatoms. The Hall–Kier alpha value is -4.53. The van der Waals surface area contributed by atoms with Gasteiger partial charge in [0.2, 0.25) is 0 Å². The minimum atomic E-state index is -0.739. The number of anilines is 1. The van der Waals surface area contributed by atoms with Crippen LogP contribution in [-0.2, 0) is 23.1 Å². The van der Waals surface area contributed by atoms with Crippen LogP contribution in [0.15, 0.2) is 71.8 Å². The van der Waals surface area contributed by atoms with Gasteiger partial charge in [-0.15, -0.1) is 0 Å². The van der Waals surface area contributed by atoms with Crippen LogP contribution >= 0.6 is 0 Å². The lowest BCUT2D eigenvalue weighted by Gasteiger charge is -2.20. The molecule has 0 aliphatic heterocycles. The average Bonchev–Trinajstić information content (AvgIpc) is 3.31. The first-order valence-electron chi connectivity index (χ1n) is 12.1. The zero-order valence-electron chi connectivity index (χ0n) is 21.0. The molecule has 0 fully saturated rings. The number of aromatic nitrogens is 2. The lowest BCUT2D eigenvalue weighted by molar-refractivity contribution is -0.143. The van der Waals surface area contributed by atoms with E-state index in [1.54, 1.807) is 6.92 Å². The number of pyridine rings is 1. The summed E-state index contributed by atoms with van der Waals surface area (Å²) in [5, 5.41) is 16.4. The van der Waals surface area contributed by atoms with Crippen molar-refractivity contribution >= 4 is 28.6 Å². The molecule has 37 heavy (non-hydrogen) atoms. The summed E-state index contributed by atoms with van der Waals surface area (Å²) >= 11 is 0. The predicted molar refractivity (Wildman–Crippen MR) is 143 cm³/mol. The molecule has 9 nitrogen and oxygen atoms in total. The number of aromatic hydroxyl groups is 1.